The zero-order chi connectivity index (χ0) is 15.7. The molecule has 4 heteroatoms. The number of nitrogens with zero attached hydrogens (tertiary/aromatic N) is 2. The summed E-state index contributed by atoms with van der Waals surface area (Å²) in [4.78, 5) is 7.14. The summed E-state index contributed by atoms with van der Waals surface area (Å²) in [5, 5.41) is 3.52. The standard InChI is InChI=1S/C19H29N3.ClH/c1-14-17(10-13-22(14)18-20-11-5-12-21-18)15-6-8-16(9-7-15)19(2,3)4;/h6-9,11,14,17-18,21H,5,10,12-13H2,1-4H3;1H/t14-,17?,18?;/m1./s1. The highest BCUT2D eigenvalue weighted by atomic mass is 35.5. The Morgan fingerprint density at radius 3 is 2.43 bits per heavy atom. The van der Waals surface area contributed by atoms with E-state index >= 15 is 0 Å². The Hall–Kier alpha value is -0.900. The van der Waals surface area contributed by atoms with E-state index in [4.69, 9.17) is 0 Å². The molecule has 0 aromatic heterocycles. The van der Waals surface area contributed by atoms with Gasteiger partial charge in [-0.2, -0.15) is 0 Å². The molecular weight excluding hydrogens is 306 g/mol. The summed E-state index contributed by atoms with van der Waals surface area (Å²) < 4.78 is 0. The molecule has 2 heterocycles. The lowest BCUT2D eigenvalue weighted by atomic mass is 9.84. The summed E-state index contributed by atoms with van der Waals surface area (Å²) in [7, 11) is 0. The molecule has 0 saturated carbocycles. The Morgan fingerprint density at radius 1 is 1.17 bits per heavy atom. The van der Waals surface area contributed by atoms with Crippen LogP contribution in [0.4, 0.5) is 0 Å². The van der Waals surface area contributed by atoms with Crippen LogP contribution in [0, 0.1) is 0 Å². The van der Waals surface area contributed by atoms with Crippen molar-refractivity contribution < 1.29 is 0 Å². The Labute approximate surface area is 147 Å². The monoisotopic (exact) mass is 335 g/mol. The van der Waals surface area contributed by atoms with Gasteiger partial charge in [0.2, 0.25) is 0 Å². The van der Waals surface area contributed by atoms with Crippen LogP contribution in [0.2, 0.25) is 0 Å². The molecule has 0 radical (unpaired) electrons. The third-order valence-electron chi connectivity index (χ3n) is 5.17. The van der Waals surface area contributed by atoms with E-state index in [1.807, 2.05) is 0 Å². The molecule has 23 heavy (non-hydrogen) atoms. The number of hydrogen-bond donors (Lipinski definition) is 1. The van der Waals surface area contributed by atoms with Gasteiger partial charge in [0, 0.05) is 31.3 Å². The lowest BCUT2D eigenvalue weighted by Crippen LogP contribution is -2.48. The van der Waals surface area contributed by atoms with Gasteiger partial charge in [-0.25, -0.2) is 0 Å². The molecule has 0 amide bonds. The highest BCUT2D eigenvalue weighted by Gasteiger charge is 2.36. The zero-order valence-electron chi connectivity index (χ0n) is 14.7. The van der Waals surface area contributed by atoms with E-state index in [-0.39, 0.29) is 24.1 Å². The van der Waals surface area contributed by atoms with Crippen LogP contribution in [-0.4, -0.2) is 36.5 Å². The van der Waals surface area contributed by atoms with Gasteiger partial charge in [-0.05, 0) is 36.3 Å². The van der Waals surface area contributed by atoms with Gasteiger partial charge in [-0.15, -0.1) is 12.4 Å². The topological polar surface area (TPSA) is 27.6 Å². The van der Waals surface area contributed by atoms with E-state index in [1.165, 1.54) is 17.5 Å². The minimum Gasteiger partial charge on any atom is -0.283 e. The Kier molecular flexibility index (Phi) is 5.88. The predicted molar refractivity (Wildman–Crippen MR) is 101 cm³/mol. The summed E-state index contributed by atoms with van der Waals surface area (Å²) in [6, 6.07) is 9.82. The SMILES string of the molecule is C[C@@H]1C(c2ccc(C(C)(C)C)cc2)CCN1C1N=CCCN1.Cl. The Morgan fingerprint density at radius 2 is 1.87 bits per heavy atom. The van der Waals surface area contributed by atoms with Crippen LogP contribution in [0.25, 0.3) is 0 Å². The Balaban J connectivity index is 0.00000192. The van der Waals surface area contributed by atoms with Gasteiger partial charge in [-0.1, -0.05) is 45.0 Å². The maximum atomic E-state index is 4.63. The molecule has 1 fully saturated rings. The number of rotatable bonds is 2. The Bertz CT molecular complexity index is 533. The highest BCUT2D eigenvalue weighted by molar-refractivity contribution is 5.85. The normalized spacial score (nSPS) is 28.6. The molecule has 2 unspecified atom stereocenters. The van der Waals surface area contributed by atoms with E-state index in [1.54, 1.807) is 0 Å². The van der Waals surface area contributed by atoms with E-state index < -0.39 is 0 Å². The van der Waals surface area contributed by atoms with E-state index in [0.29, 0.717) is 12.0 Å². The molecule has 1 aromatic rings. The second-order valence-electron chi connectivity index (χ2n) is 7.69. The first-order valence-electron chi connectivity index (χ1n) is 8.58. The minimum atomic E-state index is 0. The van der Waals surface area contributed by atoms with Crippen molar-refractivity contribution in [3.8, 4) is 0 Å². The molecule has 2 aliphatic rings. The first-order valence-corrected chi connectivity index (χ1v) is 8.58. The molecule has 3 atom stereocenters. The van der Waals surface area contributed by atoms with Crippen molar-refractivity contribution in [1.82, 2.24) is 10.2 Å². The molecule has 0 spiro atoms. The van der Waals surface area contributed by atoms with Crippen molar-refractivity contribution in [3.05, 3.63) is 35.4 Å². The van der Waals surface area contributed by atoms with Crippen LogP contribution < -0.4 is 5.32 Å². The van der Waals surface area contributed by atoms with Gasteiger partial charge in [0.05, 0.1) is 0 Å². The molecule has 3 nitrogen and oxygen atoms in total. The maximum absolute atomic E-state index is 4.63. The molecule has 0 aliphatic carbocycles. The summed E-state index contributed by atoms with van der Waals surface area (Å²) in [6.45, 7) is 11.3. The molecule has 1 saturated heterocycles. The number of benzene rings is 1. The van der Waals surface area contributed by atoms with Gasteiger partial charge in [0.15, 0.2) is 6.29 Å². The largest absolute Gasteiger partial charge is 0.283 e. The lowest BCUT2D eigenvalue weighted by molar-refractivity contribution is 0.157. The van der Waals surface area contributed by atoms with Crippen LogP contribution >= 0.6 is 12.4 Å². The number of nitrogens with one attached hydrogen (secondary N) is 1. The molecule has 0 bridgehead atoms. The van der Waals surface area contributed by atoms with Gasteiger partial charge >= 0.3 is 0 Å². The smallest absolute Gasteiger partial charge is 0.155 e. The number of aliphatic imine (C=N–C) groups is 1. The number of likely N-dealkylation sites (tertiary alicyclic amines) is 1. The second kappa shape index (κ2) is 7.33. The fraction of sp³-hybridized carbons (Fsp3) is 0.632. The fourth-order valence-corrected chi connectivity index (χ4v) is 3.69. The summed E-state index contributed by atoms with van der Waals surface area (Å²) in [5.74, 6) is 0.618. The van der Waals surface area contributed by atoms with Crippen LogP contribution in [0.5, 0.6) is 0 Å². The molecule has 2 aliphatic heterocycles. The van der Waals surface area contributed by atoms with Crippen molar-refractivity contribution in [3.63, 3.8) is 0 Å². The van der Waals surface area contributed by atoms with Gasteiger partial charge < -0.3 is 0 Å². The lowest BCUT2D eigenvalue weighted by Gasteiger charge is -2.32. The average Bonchev–Trinajstić information content (AvgIpc) is 2.89. The van der Waals surface area contributed by atoms with Crippen molar-refractivity contribution in [2.24, 2.45) is 4.99 Å². The predicted octanol–water partition coefficient (Wildman–Crippen LogP) is 3.93. The molecular formula is C19H30ClN3. The summed E-state index contributed by atoms with van der Waals surface area (Å²) >= 11 is 0. The summed E-state index contributed by atoms with van der Waals surface area (Å²) in [5.41, 5.74) is 3.12. The van der Waals surface area contributed by atoms with Crippen LogP contribution in [0.15, 0.2) is 29.3 Å². The minimum absolute atomic E-state index is 0. The first-order chi connectivity index (χ1) is 10.5. The molecule has 1 N–H and O–H groups in total. The average molecular weight is 336 g/mol. The number of hydrogen-bond acceptors (Lipinski definition) is 3. The third-order valence-corrected chi connectivity index (χ3v) is 5.17. The second-order valence-corrected chi connectivity index (χ2v) is 7.69. The van der Waals surface area contributed by atoms with Crippen molar-refractivity contribution in [2.45, 2.75) is 64.2 Å². The fourth-order valence-electron chi connectivity index (χ4n) is 3.69. The van der Waals surface area contributed by atoms with Crippen LogP contribution in [0.3, 0.4) is 0 Å². The van der Waals surface area contributed by atoms with E-state index in [0.717, 1.165) is 19.5 Å². The molecule has 128 valence electrons. The maximum Gasteiger partial charge on any atom is 0.155 e. The van der Waals surface area contributed by atoms with Crippen molar-refractivity contribution >= 4 is 18.6 Å². The van der Waals surface area contributed by atoms with Crippen LogP contribution in [0.1, 0.15) is 57.6 Å². The van der Waals surface area contributed by atoms with Gasteiger partial charge in [0.1, 0.15) is 0 Å². The van der Waals surface area contributed by atoms with E-state index in [9.17, 15) is 0 Å². The highest BCUT2D eigenvalue weighted by Crippen LogP contribution is 2.35. The molecule has 3 rings (SSSR count). The quantitative estimate of drug-likeness (QED) is 0.886. The summed E-state index contributed by atoms with van der Waals surface area (Å²) in [6.07, 6.45) is 4.53. The van der Waals surface area contributed by atoms with Gasteiger partial charge in [-0.3, -0.25) is 15.2 Å². The van der Waals surface area contributed by atoms with E-state index in [2.05, 4.69) is 73.4 Å². The third kappa shape index (κ3) is 3.96. The first kappa shape index (κ1) is 18.4. The van der Waals surface area contributed by atoms with Crippen LogP contribution in [-0.2, 0) is 5.41 Å². The zero-order valence-corrected chi connectivity index (χ0v) is 15.6. The van der Waals surface area contributed by atoms with Crippen molar-refractivity contribution in [1.29, 1.82) is 0 Å². The number of halogens is 1. The van der Waals surface area contributed by atoms with Crippen molar-refractivity contribution in [2.75, 3.05) is 13.1 Å². The van der Waals surface area contributed by atoms with Gasteiger partial charge in [0.25, 0.3) is 0 Å². The molecule has 1 aromatic carbocycles.